The van der Waals surface area contributed by atoms with E-state index >= 15 is 0 Å². The maximum atomic E-state index is 13.7. The van der Waals surface area contributed by atoms with E-state index in [2.05, 4.69) is 29.8 Å². The summed E-state index contributed by atoms with van der Waals surface area (Å²) in [6.07, 6.45) is 7.22. The number of carbonyl (C=O) groups is 3. The van der Waals surface area contributed by atoms with Crippen molar-refractivity contribution in [1.82, 2.24) is 20.9 Å². The highest BCUT2D eigenvalue weighted by Gasteiger charge is 2.51. The van der Waals surface area contributed by atoms with Crippen LogP contribution in [0.15, 0.2) is 30.3 Å². The van der Waals surface area contributed by atoms with E-state index < -0.39 is 24.0 Å². The third-order valence-electron chi connectivity index (χ3n) is 7.85. The number of hydrogen-bond acceptors (Lipinski definition) is 6. The van der Waals surface area contributed by atoms with Crippen molar-refractivity contribution in [3.05, 3.63) is 35.9 Å². The molecule has 1 aliphatic carbocycles. The van der Waals surface area contributed by atoms with Gasteiger partial charge in [-0.2, -0.15) is 0 Å². The van der Waals surface area contributed by atoms with Crippen LogP contribution in [0, 0.1) is 11.8 Å². The van der Waals surface area contributed by atoms with Crippen LogP contribution >= 0.6 is 0 Å². The molecule has 1 heterocycles. The number of carbonyl (C=O) groups excluding carboxylic acids is 3. The SMILES string of the molecule is COC(=O)N[C@@H](CC1CCCCC1)C(=O)N[C@@H](C)CCCN1C(=O)[C@@](CC(C)C)(c2ccccc2)NC1N. The largest absolute Gasteiger partial charge is 0.453 e. The second kappa shape index (κ2) is 13.9. The number of ether oxygens (including phenoxy) is 1. The van der Waals surface area contributed by atoms with Gasteiger partial charge in [0.15, 0.2) is 0 Å². The highest BCUT2D eigenvalue weighted by Crippen LogP contribution is 2.35. The Kier molecular flexibility index (Phi) is 11.0. The maximum Gasteiger partial charge on any atom is 0.407 e. The summed E-state index contributed by atoms with van der Waals surface area (Å²) in [7, 11) is 1.31. The number of amides is 3. The van der Waals surface area contributed by atoms with E-state index in [9.17, 15) is 14.4 Å². The number of methoxy groups -OCH3 is 1. The van der Waals surface area contributed by atoms with Crippen LogP contribution in [0.5, 0.6) is 0 Å². The Bertz CT molecular complexity index is 921. The molecule has 1 saturated carbocycles. The van der Waals surface area contributed by atoms with Gasteiger partial charge < -0.3 is 20.3 Å². The molecule has 1 unspecified atom stereocenters. The number of nitrogens with one attached hydrogen (secondary N) is 3. The lowest BCUT2D eigenvalue weighted by molar-refractivity contribution is -0.134. The molecule has 0 spiro atoms. The van der Waals surface area contributed by atoms with Crippen LogP contribution in [-0.4, -0.2) is 54.8 Å². The van der Waals surface area contributed by atoms with E-state index in [1.54, 1.807) is 4.90 Å². The first-order valence-corrected chi connectivity index (χ1v) is 14.2. The molecule has 0 bridgehead atoms. The highest BCUT2D eigenvalue weighted by molar-refractivity contribution is 5.90. The first-order chi connectivity index (χ1) is 18.2. The molecule has 38 heavy (non-hydrogen) atoms. The molecule has 0 radical (unpaired) electrons. The summed E-state index contributed by atoms with van der Waals surface area (Å²) in [4.78, 5) is 40.4. The zero-order chi connectivity index (χ0) is 27.7. The molecule has 2 aliphatic rings. The van der Waals surface area contributed by atoms with Crippen molar-refractivity contribution in [3.8, 4) is 0 Å². The topological polar surface area (TPSA) is 126 Å². The Morgan fingerprint density at radius 1 is 1.13 bits per heavy atom. The Hall–Kier alpha value is -2.65. The van der Waals surface area contributed by atoms with Crippen LogP contribution in [0.2, 0.25) is 0 Å². The Morgan fingerprint density at radius 2 is 1.82 bits per heavy atom. The molecule has 1 aliphatic heterocycles. The van der Waals surface area contributed by atoms with Gasteiger partial charge in [0.05, 0.1) is 7.11 Å². The molecule has 1 aromatic carbocycles. The van der Waals surface area contributed by atoms with Crippen LogP contribution in [0.1, 0.15) is 84.1 Å². The van der Waals surface area contributed by atoms with Crippen molar-refractivity contribution in [2.24, 2.45) is 17.6 Å². The Morgan fingerprint density at radius 3 is 2.45 bits per heavy atom. The average Bonchev–Trinajstić information content (AvgIpc) is 3.13. The molecule has 3 amide bonds. The molecule has 9 heteroatoms. The minimum absolute atomic E-state index is 0.00332. The van der Waals surface area contributed by atoms with E-state index in [0.29, 0.717) is 44.1 Å². The minimum Gasteiger partial charge on any atom is -0.453 e. The van der Waals surface area contributed by atoms with E-state index in [1.807, 2.05) is 37.3 Å². The monoisotopic (exact) mass is 529 g/mol. The minimum atomic E-state index is -0.833. The summed E-state index contributed by atoms with van der Waals surface area (Å²) in [5.41, 5.74) is 6.51. The first-order valence-electron chi connectivity index (χ1n) is 14.2. The van der Waals surface area contributed by atoms with Crippen molar-refractivity contribution in [1.29, 1.82) is 0 Å². The summed E-state index contributed by atoms with van der Waals surface area (Å²) in [6.45, 7) is 6.65. The highest BCUT2D eigenvalue weighted by atomic mass is 16.5. The quantitative estimate of drug-likeness (QED) is 0.328. The summed E-state index contributed by atoms with van der Waals surface area (Å²) < 4.78 is 4.75. The van der Waals surface area contributed by atoms with E-state index in [1.165, 1.54) is 26.4 Å². The maximum absolute atomic E-state index is 13.7. The van der Waals surface area contributed by atoms with E-state index in [0.717, 1.165) is 18.4 Å². The molecule has 5 N–H and O–H groups in total. The van der Waals surface area contributed by atoms with E-state index in [-0.39, 0.29) is 17.9 Å². The van der Waals surface area contributed by atoms with Gasteiger partial charge >= 0.3 is 6.09 Å². The van der Waals surface area contributed by atoms with Crippen LogP contribution < -0.4 is 21.7 Å². The average molecular weight is 530 g/mol. The van der Waals surface area contributed by atoms with E-state index in [4.69, 9.17) is 10.5 Å². The zero-order valence-electron chi connectivity index (χ0n) is 23.5. The van der Waals surface area contributed by atoms with Gasteiger partial charge in [0, 0.05) is 12.6 Å². The third-order valence-corrected chi connectivity index (χ3v) is 7.85. The van der Waals surface area contributed by atoms with Gasteiger partial charge in [0.1, 0.15) is 17.9 Å². The second-order valence-corrected chi connectivity index (χ2v) is 11.4. The van der Waals surface area contributed by atoms with Crippen molar-refractivity contribution in [2.75, 3.05) is 13.7 Å². The number of rotatable bonds is 12. The standard InChI is InChI=1S/C29H47N5O4/c1-20(2)19-29(23-15-9-6-10-16-23)26(36)34(27(30)33-29)17-11-12-21(3)31-25(35)24(32-28(37)38-4)18-22-13-7-5-8-14-22/h6,9-10,15-16,20-22,24,27,33H,5,7-8,11-14,17-19,30H2,1-4H3,(H,31,35)(H,32,37)/t21-,24-,27?,29+/m0/s1. The summed E-state index contributed by atoms with van der Waals surface area (Å²) in [6, 6.07) is 9.06. The third kappa shape index (κ3) is 7.69. The van der Waals surface area contributed by atoms with Gasteiger partial charge in [0.2, 0.25) is 11.8 Å². The van der Waals surface area contributed by atoms with Gasteiger partial charge in [0.25, 0.3) is 0 Å². The molecule has 3 rings (SSSR count). The molecular weight excluding hydrogens is 482 g/mol. The summed E-state index contributed by atoms with van der Waals surface area (Å²) in [5, 5.41) is 9.17. The van der Waals surface area contributed by atoms with Crippen molar-refractivity contribution in [2.45, 2.75) is 102 Å². The molecular formula is C29H47N5O4. The fourth-order valence-electron chi connectivity index (χ4n) is 5.98. The van der Waals surface area contributed by atoms with Gasteiger partial charge in [-0.05, 0) is 50.0 Å². The first kappa shape index (κ1) is 29.9. The number of nitrogens with zero attached hydrogens (tertiary/aromatic N) is 1. The summed E-state index contributed by atoms with van der Waals surface area (Å²) >= 11 is 0. The number of alkyl carbamates (subject to hydrolysis) is 1. The van der Waals surface area contributed by atoms with Crippen LogP contribution in [0.25, 0.3) is 0 Å². The zero-order valence-corrected chi connectivity index (χ0v) is 23.5. The fraction of sp³-hybridized carbons (Fsp3) is 0.690. The van der Waals surface area contributed by atoms with Crippen LogP contribution in [0.4, 0.5) is 4.79 Å². The van der Waals surface area contributed by atoms with Crippen LogP contribution in [-0.2, 0) is 19.9 Å². The number of nitrogens with two attached hydrogens (primary N) is 1. The predicted molar refractivity (Wildman–Crippen MR) is 148 cm³/mol. The molecule has 212 valence electrons. The van der Waals surface area contributed by atoms with Gasteiger partial charge in [-0.15, -0.1) is 0 Å². The smallest absolute Gasteiger partial charge is 0.407 e. The molecule has 1 aromatic rings. The van der Waals surface area contributed by atoms with Crippen molar-refractivity contribution >= 4 is 17.9 Å². The fourth-order valence-corrected chi connectivity index (χ4v) is 5.98. The number of benzene rings is 1. The van der Waals surface area contributed by atoms with Gasteiger partial charge in [-0.3, -0.25) is 20.6 Å². The molecule has 1 saturated heterocycles. The Labute approximate surface area is 227 Å². The molecule has 4 atom stereocenters. The lowest BCUT2D eigenvalue weighted by Gasteiger charge is -2.30. The van der Waals surface area contributed by atoms with Crippen LogP contribution in [0.3, 0.4) is 0 Å². The second-order valence-electron chi connectivity index (χ2n) is 11.4. The summed E-state index contributed by atoms with van der Waals surface area (Å²) in [5.74, 6) is 0.535. The number of hydrogen-bond donors (Lipinski definition) is 4. The van der Waals surface area contributed by atoms with Gasteiger partial charge in [-0.1, -0.05) is 76.3 Å². The molecule has 9 nitrogen and oxygen atoms in total. The lowest BCUT2D eigenvalue weighted by atomic mass is 9.82. The lowest BCUT2D eigenvalue weighted by Crippen LogP contribution is -2.50. The molecule has 2 fully saturated rings. The predicted octanol–water partition coefficient (Wildman–Crippen LogP) is 3.58. The Balaban J connectivity index is 1.56. The van der Waals surface area contributed by atoms with Crippen molar-refractivity contribution < 1.29 is 19.1 Å². The van der Waals surface area contributed by atoms with Crippen molar-refractivity contribution in [3.63, 3.8) is 0 Å². The normalized spacial score (nSPS) is 23.8. The molecule has 0 aromatic heterocycles. The van der Waals surface area contributed by atoms with Gasteiger partial charge in [-0.25, -0.2) is 4.79 Å².